The number of methoxy groups -OCH3 is 1. The Labute approximate surface area is 180 Å². The number of aromatic nitrogens is 2. The molecule has 0 unspecified atom stereocenters. The SMILES string of the molecule is COCc1c(C(=O)OC(C)C)ncc2[nH]c3ccc(Oc4ccc(N)c(C)c4)cc3c12. The van der Waals surface area contributed by atoms with Gasteiger partial charge in [0.15, 0.2) is 5.69 Å². The van der Waals surface area contributed by atoms with E-state index in [1.54, 1.807) is 27.2 Å². The molecule has 7 heteroatoms. The van der Waals surface area contributed by atoms with Crippen LogP contribution in [0.15, 0.2) is 42.6 Å². The number of carbonyl (C=O) groups is 1. The maximum Gasteiger partial charge on any atom is 0.357 e. The van der Waals surface area contributed by atoms with E-state index in [0.29, 0.717) is 17.1 Å². The average Bonchev–Trinajstić information content (AvgIpc) is 3.09. The smallest absolute Gasteiger partial charge is 0.357 e. The van der Waals surface area contributed by atoms with Crippen LogP contribution in [0.5, 0.6) is 11.5 Å². The van der Waals surface area contributed by atoms with Crippen molar-refractivity contribution in [2.24, 2.45) is 0 Å². The van der Waals surface area contributed by atoms with Gasteiger partial charge in [0.25, 0.3) is 0 Å². The highest BCUT2D eigenvalue weighted by Crippen LogP contribution is 2.34. The second-order valence-corrected chi connectivity index (χ2v) is 7.71. The maximum absolute atomic E-state index is 12.6. The number of hydrogen-bond donors (Lipinski definition) is 2. The molecule has 2 heterocycles. The van der Waals surface area contributed by atoms with Crippen molar-refractivity contribution in [3.8, 4) is 11.5 Å². The highest BCUT2D eigenvalue weighted by molar-refractivity contribution is 6.11. The van der Waals surface area contributed by atoms with Crippen LogP contribution in [0.3, 0.4) is 0 Å². The number of esters is 1. The average molecular weight is 419 g/mol. The molecule has 0 aliphatic carbocycles. The summed E-state index contributed by atoms with van der Waals surface area (Å²) in [5.41, 5.74) is 10.2. The molecular formula is C24H25N3O4. The van der Waals surface area contributed by atoms with E-state index in [9.17, 15) is 4.79 Å². The van der Waals surface area contributed by atoms with E-state index in [1.807, 2.05) is 43.3 Å². The number of pyridine rings is 1. The lowest BCUT2D eigenvalue weighted by atomic mass is 10.1. The number of aromatic amines is 1. The van der Waals surface area contributed by atoms with Gasteiger partial charge in [-0.05, 0) is 62.7 Å². The van der Waals surface area contributed by atoms with Crippen LogP contribution in [0.1, 0.15) is 35.5 Å². The van der Waals surface area contributed by atoms with Crippen LogP contribution in [-0.2, 0) is 16.1 Å². The van der Waals surface area contributed by atoms with Crippen molar-refractivity contribution in [1.29, 1.82) is 0 Å². The second kappa shape index (κ2) is 8.28. The number of benzene rings is 2. The van der Waals surface area contributed by atoms with Gasteiger partial charge >= 0.3 is 5.97 Å². The van der Waals surface area contributed by atoms with Gasteiger partial charge in [0.05, 0.1) is 24.4 Å². The van der Waals surface area contributed by atoms with Crippen LogP contribution in [0.25, 0.3) is 21.8 Å². The van der Waals surface area contributed by atoms with E-state index in [0.717, 1.165) is 33.1 Å². The normalized spacial score (nSPS) is 11.4. The molecule has 0 saturated carbocycles. The number of carbonyl (C=O) groups excluding carboxylic acids is 1. The van der Waals surface area contributed by atoms with Gasteiger partial charge in [-0.25, -0.2) is 9.78 Å². The molecule has 0 aliphatic rings. The van der Waals surface area contributed by atoms with Crippen LogP contribution in [0.2, 0.25) is 0 Å². The molecule has 0 radical (unpaired) electrons. The van der Waals surface area contributed by atoms with Crippen LogP contribution < -0.4 is 10.5 Å². The fraction of sp³-hybridized carbons (Fsp3) is 0.250. The number of aryl methyl sites for hydroxylation is 1. The summed E-state index contributed by atoms with van der Waals surface area (Å²) in [6.45, 7) is 5.77. The lowest BCUT2D eigenvalue weighted by Crippen LogP contribution is -2.15. The lowest BCUT2D eigenvalue weighted by Gasteiger charge is -2.12. The second-order valence-electron chi connectivity index (χ2n) is 7.71. The van der Waals surface area contributed by atoms with Crippen LogP contribution in [0, 0.1) is 6.92 Å². The fourth-order valence-electron chi connectivity index (χ4n) is 3.58. The number of anilines is 1. The summed E-state index contributed by atoms with van der Waals surface area (Å²) in [7, 11) is 1.59. The summed E-state index contributed by atoms with van der Waals surface area (Å²) in [6, 6.07) is 11.3. The first-order valence-electron chi connectivity index (χ1n) is 10.0. The fourth-order valence-corrected chi connectivity index (χ4v) is 3.58. The van der Waals surface area contributed by atoms with Crippen molar-refractivity contribution in [3.05, 3.63) is 59.4 Å². The van der Waals surface area contributed by atoms with Gasteiger partial charge in [-0.2, -0.15) is 0 Å². The van der Waals surface area contributed by atoms with E-state index in [2.05, 4.69) is 9.97 Å². The van der Waals surface area contributed by atoms with Crippen molar-refractivity contribution < 1.29 is 19.0 Å². The summed E-state index contributed by atoms with van der Waals surface area (Å²) >= 11 is 0. The first-order chi connectivity index (χ1) is 14.9. The van der Waals surface area contributed by atoms with E-state index >= 15 is 0 Å². The number of ether oxygens (including phenoxy) is 3. The summed E-state index contributed by atoms with van der Waals surface area (Å²) in [4.78, 5) is 20.3. The van der Waals surface area contributed by atoms with Gasteiger partial charge in [0.2, 0.25) is 0 Å². The summed E-state index contributed by atoms with van der Waals surface area (Å²) in [5, 5.41) is 1.77. The Morgan fingerprint density at radius 1 is 1.13 bits per heavy atom. The molecule has 160 valence electrons. The topological polar surface area (TPSA) is 99.5 Å². The van der Waals surface area contributed by atoms with E-state index < -0.39 is 5.97 Å². The first kappa shape index (κ1) is 20.7. The Bertz CT molecular complexity index is 1280. The number of rotatable bonds is 6. The number of nitrogens with one attached hydrogen (secondary N) is 1. The first-order valence-corrected chi connectivity index (χ1v) is 10.0. The molecule has 0 saturated heterocycles. The van der Waals surface area contributed by atoms with Crippen molar-refractivity contribution in [1.82, 2.24) is 9.97 Å². The number of fused-ring (bicyclic) bond motifs is 3. The molecule has 0 amide bonds. The standard InChI is InChI=1S/C24H25N3O4/c1-13(2)30-24(28)23-18(12-29-4)22-17-10-16(6-8-20(17)27-21(22)11-26-23)31-15-5-7-19(25)14(3)9-15/h5-11,13,27H,12,25H2,1-4H3. The molecule has 0 fully saturated rings. The van der Waals surface area contributed by atoms with Gasteiger partial charge in [0, 0.05) is 34.6 Å². The zero-order valence-electron chi connectivity index (χ0n) is 18.0. The molecule has 31 heavy (non-hydrogen) atoms. The Hall–Kier alpha value is -3.58. The van der Waals surface area contributed by atoms with Crippen molar-refractivity contribution in [2.75, 3.05) is 12.8 Å². The predicted molar refractivity (Wildman–Crippen MR) is 121 cm³/mol. The molecule has 0 bridgehead atoms. The van der Waals surface area contributed by atoms with Crippen LogP contribution in [0.4, 0.5) is 5.69 Å². The predicted octanol–water partition coefficient (Wildman–Crippen LogP) is 5.11. The van der Waals surface area contributed by atoms with Gasteiger partial charge in [-0.1, -0.05) is 0 Å². The minimum absolute atomic E-state index is 0.224. The quantitative estimate of drug-likeness (QED) is 0.333. The van der Waals surface area contributed by atoms with Crippen LogP contribution in [-0.4, -0.2) is 29.2 Å². The molecular weight excluding hydrogens is 394 g/mol. The molecule has 7 nitrogen and oxygen atoms in total. The minimum Gasteiger partial charge on any atom is -0.458 e. The van der Waals surface area contributed by atoms with Gasteiger partial charge in [-0.3, -0.25) is 0 Å². The number of nitrogens with zero attached hydrogens (tertiary/aromatic N) is 1. The third-order valence-corrected chi connectivity index (χ3v) is 5.01. The molecule has 4 rings (SSSR count). The third kappa shape index (κ3) is 4.04. The Morgan fingerprint density at radius 2 is 1.87 bits per heavy atom. The summed E-state index contributed by atoms with van der Waals surface area (Å²) in [6.07, 6.45) is 1.40. The molecule has 0 aliphatic heterocycles. The van der Waals surface area contributed by atoms with Crippen molar-refractivity contribution >= 4 is 33.5 Å². The van der Waals surface area contributed by atoms with Crippen molar-refractivity contribution in [3.63, 3.8) is 0 Å². The lowest BCUT2D eigenvalue weighted by molar-refractivity contribution is 0.0366. The molecule has 3 N–H and O–H groups in total. The van der Waals surface area contributed by atoms with E-state index in [4.69, 9.17) is 19.9 Å². The van der Waals surface area contributed by atoms with Gasteiger partial charge in [-0.15, -0.1) is 0 Å². The minimum atomic E-state index is -0.469. The number of H-pyrrole nitrogens is 1. The molecule has 0 spiro atoms. The zero-order chi connectivity index (χ0) is 22.1. The Kier molecular flexibility index (Phi) is 5.52. The highest BCUT2D eigenvalue weighted by atomic mass is 16.5. The maximum atomic E-state index is 12.6. The monoisotopic (exact) mass is 419 g/mol. The van der Waals surface area contributed by atoms with Crippen LogP contribution >= 0.6 is 0 Å². The van der Waals surface area contributed by atoms with E-state index in [-0.39, 0.29) is 18.4 Å². The Balaban J connectivity index is 1.84. The van der Waals surface area contributed by atoms with Crippen molar-refractivity contribution in [2.45, 2.75) is 33.5 Å². The molecule has 2 aromatic carbocycles. The summed E-state index contributed by atoms with van der Waals surface area (Å²) < 4.78 is 16.8. The molecule has 2 aromatic heterocycles. The molecule has 0 atom stereocenters. The summed E-state index contributed by atoms with van der Waals surface area (Å²) in [5.74, 6) is 0.901. The van der Waals surface area contributed by atoms with Gasteiger partial charge < -0.3 is 24.9 Å². The largest absolute Gasteiger partial charge is 0.458 e. The number of hydrogen-bond acceptors (Lipinski definition) is 6. The third-order valence-electron chi connectivity index (χ3n) is 5.01. The Morgan fingerprint density at radius 3 is 2.58 bits per heavy atom. The van der Waals surface area contributed by atoms with E-state index in [1.165, 1.54) is 0 Å². The molecule has 4 aromatic rings. The zero-order valence-corrected chi connectivity index (χ0v) is 18.0. The number of nitrogens with two attached hydrogens (primary N) is 1. The van der Waals surface area contributed by atoms with Gasteiger partial charge in [0.1, 0.15) is 11.5 Å². The number of nitrogen functional groups attached to an aromatic ring is 1. The highest BCUT2D eigenvalue weighted by Gasteiger charge is 2.21.